The number of nitrogens with zero attached hydrogens (tertiary/aromatic N) is 3. The molecular formula is C30H41N3O. The lowest BCUT2D eigenvalue weighted by molar-refractivity contribution is -0.130. The van der Waals surface area contributed by atoms with Crippen LogP contribution in [0.4, 0.5) is 5.69 Å². The van der Waals surface area contributed by atoms with E-state index in [1.165, 1.54) is 77.0 Å². The van der Waals surface area contributed by atoms with Crippen molar-refractivity contribution in [2.75, 3.05) is 18.0 Å². The summed E-state index contributed by atoms with van der Waals surface area (Å²) in [5.41, 5.74) is 0.860. The zero-order valence-corrected chi connectivity index (χ0v) is 20.8. The third-order valence-corrected chi connectivity index (χ3v) is 10.5. The molecule has 1 aromatic carbocycles. The molecule has 8 rings (SSSR count). The van der Waals surface area contributed by atoms with E-state index in [9.17, 15) is 4.79 Å². The molecule has 0 unspecified atom stereocenters. The molecule has 1 atom stereocenters. The minimum atomic E-state index is -0.271. The zero-order valence-electron chi connectivity index (χ0n) is 20.8. The quantitative estimate of drug-likeness (QED) is 0.539. The van der Waals surface area contributed by atoms with Crippen molar-refractivity contribution in [3.8, 4) is 0 Å². The van der Waals surface area contributed by atoms with E-state index in [1.807, 2.05) is 0 Å². The molecule has 1 spiro atoms. The minimum absolute atomic E-state index is 0.0889. The summed E-state index contributed by atoms with van der Waals surface area (Å²) in [5, 5.41) is 0. The molecule has 1 amide bonds. The van der Waals surface area contributed by atoms with Crippen LogP contribution in [0, 0.1) is 23.2 Å². The summed E-state index contributed by atoms with van der Waals surface area (Å²) in [6.07, 6.45) is 17.7. The van der Waals surface area contributed by atoms with Crippen LogP contribution in [-0.2, 0) is 4.79 Å². The number of benzene rings is 1. The fraction of sp³-hybridized carbons (Fsp3) is 0.733. The third-order valence-electron chi connectivity index (χ3n) is 10.5. The molecule has 182 valence electrons. The monoisotopic (exact) mass is 459 g/mol. The number of para-hydroxylation sites is 1. The lowest BCUT2D eigenvalue weighted by atomic mass is 9.53. The van der Waals surface area contributed by atoms with E-state index in [4.69, 9.17) is 4.99 Å². The number of likely N-dealkylation sites (tertiary alicyclic amines) is 1. The normalized spacial score (nSPS) is 40.5. The Labute approximate surface area is 205 Å². The first kappa shape index (κ1) is 21.6. The van der Waals surface area contributed by atoms with Gasteiger partial charge in [0, 0.05) is 0 Å². The lowest BCUT2D eigenvalue weighted by Gasteiger charge is -2.55. The highest BCUT2D eigenvalue weighted by Gasteiger charge is 2.61. The van der Waals surface area contributed by atoms with Crippen LogP contribution in [0.15, 0.2) is 35.3 Å². The fourth-order valence-corrected chi connectivity index (χ4v) is 9.55. The number of hydrogen-bond donors (Lipinski definition) is 0. The molecule has 5 saturated carbocycles. The number of carbonyl (C=O) groups is 1. The topological polar surface area (TPSA) is 35.9 Å². The van der Waals surface area contributed by atoms with Crippen LogP contribution in [0.5, 0.6) is 0 Å². The smallest absolute Gasteiger partial charge is 0.240 e. The maximum Gasteiger partial charge on any atom is 0.240 e. The van der Waals surface area contributed by atoms with Crippen LogP contribution in [0.3, 0.4) is 0 Å². The van der Waals surface area contributed by atoms with Crippen molar-refractivity contribution in [2.45, 2.75) is 101 Å². The highest BCUT2D eigenvalue weighted by molar-refractivity contribution is 6.27. The Balaban J connectivity index is 1.38. The van der Waals surface area contributed by atoms with E-state index in [-0.39, 0.29) is 17.0 Å². The van der Waals surface area contributed by atoms with E-state index < -0.39 is 0 Å². The Bertz CT molecular complexity index is 921. The van der Waals surface area contributed by atoms with Crippen LogP contribution < -0.4 is 4.90 Å². The summed E-state index contributed by atoms with van der Waals surface area (Å²) in [7, 11) is 0. The number of hydrogen-bond acceptors (Lipinski definition) is 3. The van der Waals surface area contributed by atoms with E-state index in [0.717, 1.165) is 55.2 Å². The van der Waals surface area contributed by atoms with Gasteiger partial charge in [-0.15, -0.1) is 0 Å². The summed E-state index contributed by atoms with van der Waals surface area (Å²) >= 11 is 0. The fourth-order valence-electron chi connectivity index (χ4n) is 9.55. The molecule has 1 aromatic rings. The number of amides is 1. The summed E-state index contributed by atoms with van der Waals surface area (Å²) in [5.74, 6) is 4.11. The number of aliphatic imine (C=N–C) groups is 1. The molecule has 0 N–H and O–H groups in total. The van der Waals surface area contributed by atoms with Crippen molar-refractivity contribution in [1.82, 2.24) is 4.90 Å². The number of rotatable bonds is 3. The molecule has 7 aliphatic rings. The van der Waals surface area contributed by atoms with Gasteiger partial charge in [0.2, 0.25) is 5.91 Å². The maximum absolute atomic E-state index is 14.6. The summed E-state index contributed by atoms with van der Waals surface area (Å²) in [6.45, 7) is 2.25. The first-order valence-corrected chi connectivity index (χ1v) is 14.4. The molecule has 4 bridgehead atoms. The number of anilines is 1. The van der Waals surface area contributed by atoms with Gasteiger partial charge in [-0.05, 0) is 107 Å². The summed E-state index contributed by atoms with van der Waals surface area (Å²) in [4.78, 5) is 25.2. The Morgan fingerprint density at radius 2 is 1.35 bits per heavy atom. The van der Waals surface area contributed by atoms with Crippen molar-refractivity contribution in [3.05, 3.63) is 30.3 Å². The number of carbonyl (C=O) groups excluding carboxylic acids is 1. The van der Waals surface area contributed by atoms with Gasteiger partial charge in [0.05, 0.1) is 22.7 Å². The van der Waals surface area contributed by atoms with Crippen LogP contribution in [0.2, 0.25) is 0 Å². The summed E-state index contributed by atoms with van der Waals surface area (Å²) < 4.78 is 0. The van der Waals surface area contributed by atoms with Crippen LogP contribution >= 0.6 is 0 Å². The van der Waals surface area contributed by atoms with Crippen molar-refractivity contribution < 1.29 is 4.79 Å². The van der Waals surface area contributed by atoms with E-state index in [0.29, 0.717) is 5.91 Å². The van der Waals surface area contributed by atoms with Crippen molar-refractivity contribution in [3.63, 3.8) is 0 Å². The average molecular weight is 460 g/mol. The highest BCUT2D eigenvalue weighted by atomic mass is 16.2. The van der Waals surface area contributed by atoms with Crippen molar-refractivity contribution in [2.24, 2.45) is 28.2 Å². The molecule has 4 nitrogen and oxygen atoms in total. The van der Waals surface area contributed by atoms with Crippen LogP contribution in [-0.4, -0.2) is 41.3 Å². The van der Waals surface area contributed by atoms with Gasteiger partial charge in [0.1, 0.15) is 5.84 Å². The standard InChI is InChI=1S/C30H41N3O/c34-28-30(12-6-2-7-13-30)26(32-14-8-3-9-15-32)27(33(28)25-10-4-1-5-11-25)31-29-19-22-16-23(20-29)18-24(17-22)21-29/h1,4-5,10-11,22-24,26H,2-3,6-9,12-21H2/t22?,23?,24?,26-,29?/m0/s1. The van der Waals surface area contributed by atoms with Gasteiger partial charge < -0.3 is 0 Å². The number of amidine groups is 1. The molecule has 0 radical (unpaired) electrons. The summed E-state index contributed by atoms with van der Waals surface area (Å²) in [6, 6.07) is 10.7. The minimum Gasteiger partial charge on any atom is -0.293 e. The Morgan fingerprint density at radius 1 is 0.765 bits per heavy atom. The molecule has 4 heteroatoms. The highest BCUT2D eigenvalue weighted by Crippen LogP contribution is 2.58. The third kappa shape index (κ3) is 3.34. The molecule has 2 heterocycles. The van der Waals surface area contributed by atoms with Gasteiger partial charge in [0.15, 0.2) is 0 Å². The predicted molar refractivity (Wildman–Crippen MR) is 137 cm³/mol. The Hall–Kier alpha value is -1.68. The second-order valence-corrected chi connectivity index (χ2v) is 12.8. The lowest BCUT2D eigenvalue weighted by Crippen LogP contribution is -2.54. The van der Waals surface area contributed by atoms with Gasteiger partial charge in [0.25, 0.3) is 0 Å². The first-order chi connectivity index (χ1) is 16.7. The van der Waals surface area contributed by atoms with E-state index in [1.54, 1.807) is 0 Å². The van der Waals surface area contributed by atoms with Gasteiger partial charge in [-0.1, -0.05) is 43.9 Å². The second-order valence-electron chi connectivity index (χ2n) is 12.8. The first-order valence-electron chi connectivity index (χ1n) is 14.4. The van der Waals surface area contributed by atoms with E-state index >= 15 is 0 Å². The van der Waals surface area contributed by atoms with Crippen molar-refractivity contribution in [1.29, 1.82) is 0 Å². The maximum atomic E-state index is 14.6. The van der Waals surface area contributed by atoms with Crippen LogP contribution in [0.25, 0.3) is 0 Å². The van der Waals surface area contributed by atoms with Gasteiger partial charge in [-0.25, -0.2) is 0 Å². The number of piperidine rings is 1. The van der Waals surface area contributed by atoms with Gasteiger partial charge in [-0.2, -0.15) is 0 Å². The zero-order chi connectivity index (χ0) is 22.8. The SMILES string of the molecule is O=C1N(c2ccccc2)C(=NC23CC4CC(CC(C4)C2)C3)[C@H](N2CCCCC2)C12CCCCC2. The molecule has 0 aromatic heterocycles. The van der Waals surface area contributed by atoms with Crippen molar-refractivity contribution >= 4 is 17.4 Å². The van der Waals surface area contributed by atoms with Gasteiger partial charge >= 0.3 is 0 Å². The Kier molecular flexibility index (Phi) is 5.20. The molecule has 7 fully saturated rings. The average Bonchev–Trinajstić information content (AvgIpc) is 3.06. The molecule has 5 aliphatic carbocycles. The van der Waals surface area contributed by atoms with Crippen LogP contribution in [0.1, 0.15) is 89.9 Å². The molecule has 2 aliphatic heterocycles. The predicted octanol–water partition coefficient (Wildman–Crippen LogP) is 6.21. The van der Waals surface area contributed by atoms with Gasteiger partial charge in [-0.3, -0.25) is 19.6 Å². The largest absolute Gasteiger partial charge is 0.293 e. The Morgan fingerprint density at radius 3 is 1.97 bits per heavy atom. The second kappa shape index (κ2) is 8.18. The van der Waals surface area contributed by atoms with E-state index in [2.05, 4.69) is 40.1 Å². The molecular weight excluding hydrogens is 418 g/mol. The molecule has 34 heavy (non-hydrogen) atoms. The molecule has 2 saturated heterocycles.